The van der Waals surface area contributed by atoms with Gasteiger partial charge < -0.3 is 15.1 Å². The van der Waals surface area contributed by atoms with Crippen molar-refractivity contribution in [2.75, 3.05) is 25.4 Å². The standard InChI is InChI=1S/C14H23N3O2S/c1-14(2)9-16(5-6-20-14)13(19)15-10-7-12(18)17(8-10)11-3-4-11/h10-11H,3-9H2,1-2H3,(H,15,19)/t10-/m1/s1. The zero-order valence-corrected chi connectivity index (χ0v) is 13.0. The molecule has 3 fully saturated rings. The fourth-order valence-electron chi connectivity index (χ4n) is 3.02. The zero-order valence-electron chi connectivity index (χ0n) is 12.2. The van der Waals surface area contributed by atoms with Gasteiger partial charge >= 0.3 is 6.03 Å². The quantitative estimate of drug-likeness (QED) is 0.835. The normalized spacial score (nSPS) is 29.7. The number of nitrogens with one attached hydrogen (secondary N) is 1. The number of hydrogen-bond acceptors (Lipinski definition) is 3. The smallest absolute Gasteiger partial charge is 0.317 e. The van der Waals surface area contributed by atoms with E-state index in [1.165, 1.54) is 0 Å². The van der Waals surface area contributed by atoms with Crippen molar-refractivity contribution in [1.29, 1.82) is 0 Å². The van der Waals surface area contributed by atoms with Crippen molar-refractivity contribution in [3.63, 3.8) is 0 Å². The van der Waals surface area contributed by atoms with Crippen LogP contribution in [-0.4, -0.2) is 64.0 Å². The maximum atomic E-state index is 12.3. The number of hydrogen-bond donors (Lipinski definition) is 1. The highest BCUT2D eigenvalue weighted by molar-refractivity contribution is 8.00. The SMILES string of the molecule is CC1(C)CN(C(=O)N[C@@H]2CC(=O)N(C3CC3)C2)CCS1. The Morgan fingerprint density at radius 3 is 2.80 bits per heavy atom. The fourth-order valence-corrected chi connectivity index (χ4v) is 4.13. The molecule has 5 nitrogen and oxygen atoms in total. The molecule has 6 heteroatoms. The Morgan fingerprint density at radius 2 is 2.15 bits per heavy atom. The van der Waals surface area contributed by atoms with E-state index in [-0.39, 0.29) is 22.7 Å². The number of carbonyl (C=O) groups excluding carboxylic acids is 2. The van der Waals surface area contributed by atoms with Crippen molar-refractivity contribution in [2.24, 2.45) is 0 Å². The predicted octanol–water partition coefficient (Wildman–Crippen LogP) is 1.29. The van der Waals surface area contributed by atoms with Gasteiger partial charge in [0, 0.05) is 42.6 Å². The van der Waals surface area contributed by atoms with Gasteiger partial charge in [0.25, 0.3) is 0 Å². The van der Waals surface area contributed by atoms with Crippen molar-refractivity contribution in [1.82, 2.24) is 15.1 Å². The lowest BCUT2D eigenvalue weighted by molar-refractivity contribution is -0.128. The van der Waals surface area contributed by atoms with Gasteiger partial charge in [-0.2, -0.15) is 11.8 Å². The maximum absolute atomic E-state index is 12.3. The molecule has 1 saturated carbocycles. The number of carbonyl (C=O) groups is 2. The van der Waals surface area contributed by atoms with Crippen LogP contribution in [0, 0.1) is 0 Å². The van der Waals surface area contributed by atoms with E-state index in [1.807, 2.05) is 21.6 Å². The Labute approximate surface area is 124 Å². The molecule has 112 valence electrons. The van der Waals surface area contributed by atoms with Crippen LogP contribution in [0.1, 0.15) is 33.1 Å². The molecule has 3 amide bonds. The van der Waals surface area contributed by atoms with Gasteiger partial charge in [0.05, 0.1) is 6.04 Å². The second-order valence-corrected chi connectivity index (χ2v) is 8.46. The molecule has 3 aliphatic rings. The average molecular weight is 297 g/mol. The Kier molecular flexibility index (Phi) is 3.60. The summed E-state index contributed by atoms with van der Waals surface area (Å²) in [6.45, 7) is 6.61. The molecule has 0 radical (unpaired) electrons. The third-order valence-electron chi connectivity index (χ3n) is 4.19. The highest BCUT2D eigenvalue weighted by Crippen LogP contribution is 2.31. The maximum Gasteiger partial charge on any atom is 0.317 e. The second-order valence-electron chi connectivity index (χ2n) is 6.66. The monoisotopic (exact) mass is 297 g/mol. The highest BCUT2D eigenvalue weighted by atomic mass is 32.2. The Bertz CT molecular complexity index is 423. The van der Waals surface area contributed by atoms with Crippen LogP contribution in [0.5, 0.6) is 0 Å². The average Bonchev–Trinajstić information content (AvgIpc) is 3.13. The van der Waals surface area contributed by atoms with Gasteiger partial charge in [-0.05, 0) is 26.7 Å². The molecule has 1 N–H and O–H groups in total. The van der Waals surface area contributed by atoms with E-state index < -0.39 is 0 Å². The van der Waals surface area contributed by atoms with Crippen molar-refractivity contribution >= 4 is 23.7 Å². The molecule has 0 bridgehead atoms. The summed E-state index contributed by atoms with van der Waals surface area (Å²) >= 11 is 1.91. The van der Waals surface area contributed by atoms with Crippen molar-refractivity contribution in [2.45, 2.75) is 49.9 Å². The minimum absolute atomic E-state index is 0.00572. The summed E-state index contributed by atoms with van der Waals surface area (Å²) in [6.07, 6.45) is 2.72. The van der Waals surface area contributed by atoms with E-state index in [2.05, 4.69) is 19.2 Å². The molecule has 3 rings (SSSR count). The summed E-state index contributed by atoms with van der Waals surface area (Å²) in [5.41, 5.74) is 0. The summed E-state index contributed by atoms with van der Waals surface area (Å²) in [6, 6.07) is 0.442. The third-order valence-corrected chi connectivity index (χ3v) is 5.48. The molecular formula is C14H23N3O2S. The first-order valence-corrected chi connectivity index (χ1v) is 8.42. The minimum Gasteiger partial charge on any atom is -0.338 e. The first kappa shape index (κ1) is 14.0. The first-order chi connectivity index (χ1) is 9.44. The first-order valence-electron chi connectivity index (χ1n) is 7.43. The van der Waals surface area contributed by atoms with Crippen LogP contribution >= 0.6 is 11.8 Å². The number of likely N-dealkylation sites (tertiary alicyclic amines) is 1. The van der Waals surface area contributed by atoms with Gasteiger partial charge in [-0.25, -0.2) is 4.79 Å². The van der Waals surface area contributed by atoms with Crippen LogP contribution in [0.2, 0.25) is 0 Å². The number of amides is 3. The number of urea groups is 1. The van der Waals surface area contributed by atoms with Crippen LogP contribution in [0.3, 0.4) is 0 Å². The molecule has 0 aromatic heterocycles. The molecule has 1 atom stereocenters. The second kappa shape index (κ2) is 5.13. The summed E-state index contributed by atoms with van der Waals surface area (Å²) in [4.78, 5) is 28.0. The summed E-state index contributed by atoms with van der Waals surface area (Å²) in [7, 11) is 0. The zero-order chi connectivity index (χ0) is 14.3. The van der Waals surface area contributed by atoms with Gasteiger partial charge in [-0.1, -0.05) is 0 Å². The van der Waals surface area contributed by atoms with Crippen LogP contribution in [-0.2, 0) is 4.79 Å². The lowest BCUT2D eigenvalue weighted by Gasteiger charge is -2.37. The van der Waals surface area contributed by atoms with Crippen LogP contribution in [0.4, 0.5) is 4.79 Å². The lowest BCUT2D eigenvalue weighted by atomic mass is 10.2. The van der Waals surface area contributed by atoms with E-state index >= 15 is 0 Å². The van der Waals surface area contributed by atoms with E-state index in [0.717, 1.165) is 31.7 Å². The van der Waals surface area contributed by atoms with Crippen molar-refractivity contribution in [3.05, 3.63) is 0 Å². The predicted molar refractivity (Wildman–Crippen MR) is 79.8 cm³/mol. The number of rotatable bonds is 2. The minimum atomic E-state index is -0.00621. The molecule has 2 saturated heterocycles. The molecule has 2 heterocycles. The molecule has 0 spiro atoms. The van der Waals surface area contributed by atoms with E-state index in [9.17, 15) is 9.59 Å². The van der Waals surface area contributed by atoms with E-state index in [4.69, 9.17) is 0 Å². The summed E-state index contributed by atoms with van der Waals surface area (Å²) in [5.74, 6) is 1.19. The van der Waals surface area contributed by atoms with Crippen LogP contribution in [0.25, 0.3) is 0 Å². The molecule has 20 heavy (non-hydrogen) atoms. The topological polar surface area (TPSA) is 52.7 Å². The Balaban J connectivity index is 1.53. The molecule has 2 aliphatic heterocycles. The summed E-state index contributed by atoms with van der Waals surface area (Å²) < 4.78 is 0.126. The van der Waals surface area contributed by atoms with Crippen molar-refractivity contribution < 1.29 is 9.59 Å². The van der Waals surface area contributed by atoms with Gasteiger partial charge in [-0.3, -0.25) is 4.79 Å². The van der Waals surface area contributed by atoms with Crippen LogP contribution < -0.4 is 5.32 Å². The lowest BCUT2D eigenvalue weighted by Crippen LogP contribution is -2.52. The fraction of sp³-hybridized carbons (Fsp3) is 0.857. The van der Waals surface area contributed by atoms with Gasteiger partial charge in [0.2, 0.25) is 5.91 Å². The Hall–Kier alpha value is -0.910. The molecular weight excluding hydrogens is 274 g/mol. The number of nitrogens with zero attached hydrogens (tertiary/aromatic N) is 2. The molecule has 1 aliphatic carbocycles. The number of thioether (sulfide) groups is 1. The Morgan fingerprint density at radius 1 is 1.40 bits per heavy atom. The third kappa shape index (κ3) is 3.05. The van der Waals surface area contributed by atoms with Gasteiger partial charge in [0.1, 0.15) is 0 Å². The van der Waals surface area contributed by atoms with Gasteiger partial charge in [0.15, 0.2) is 0 Å². The van der Waals surface area contributed by atoms with Crippen LogP contribution in [0.15, 0.2) is 0 Å². The van der Waals surface area contributed by atoms with Crippen molar-refractivity contribution in [3.8, 4) is 0 Å². The highest BCUT2D eigenvalue weighted by Gasteiger charge is 2.40. The van der Waals surface area contributed by atoms with Gasteiger partial charge in [-0.15, -0.1) is 0 Å². The summed E-state index contributed by atoms with van der Waals surface area (Å²) in [5, 5.41) is 3.04. The largest absolute Gasteiger partial charge is 0.338 e. The molecule has 0 unspecified atom stereocenters. The van der Waals surface area contributed by atoms with E-state index in [0.29, 0.717) is 19.0 Å². The van der Waals surface area contributed by atoms with E-state index in [1.54, 1.807) is 0 Å². The molecule has 0 aromatic rings. The molecule has 0 aromatic carbocycles.